The maximum Gasteiger partial charge on any atom is 0.224 e. The second kappa shape index (κ2) is 8.45. The average Bonchev–Trinajstić information content (AvgIpc) is 2.65. The van der Waals surface area contributed by atoms with Gasteiger partial charge in [0, 0.05) is 12.2 Å². The van der Waals surface area contributed by atoms with E-state index in [0.717, 1.165) is 29.0 Å². The van der Waals surface area contributed by atoms with Gasteiger partial charge in [0.05, 0.1) is 17.2 Å². The SMILES string of the molecule is Cc1ccc(Nc2nc(Cl)ncc2Cl)c(P(C)(C)=O)c1NCC1C(C)C(C)C1C. The number of nitrogens with one attached hydrogen (secondary N) is 2. The molecular weight excluding hydrogens is 426 g/mol. The van der Waals surface area contributed by atoms with Crippen LogP contribution in [0.2, 0.25) is 10.3 Å². The van der Waals surface area contributed by atoms with Gasteiger partial charge in [-0.15, -0.1) is 0 Å². The Morgan fingerprint density at radius 1 is 1.10 bits per heavy atom. The molecule has 0 spiro atoms. The van der Waals surface area contributed by atoms with Crippen molar-refractivity contribution in [2.24, 2.45) is 23.7 Å². The van der Waals surface area contributed by atoms with E-state index in [1.165, 1.54) is 6.20 Å². The summed E-state index contributed by atoms with van der Waals surface area (Å²) in [6.07, 6.45) is 1.45. The Bertz CT molecular complexity index is 952. The van der Waals surface area contributed by atoms with E-state index < -0.39 is 7.14 Å². The highest BCUT2D eigenvalue weighted by Gasteiger charge is 2.41. The molecule has 8 heteroatoms. The second-order valence-electron chi connectivity index (χ2n) is 8.59. The first kappa shape index (κ1) is 22.4. The molecule has 1 aromatic heterocycles. The van der Waals surface area contributed by atoms with E-state index >= 15 is 0 Å². The summed E-state index contributed by atoms with van der Waals surface area (Å²) in [5, 5.41) is 8.06. The number of hydrogen-bond donors (Lipinski definition) is 2. The number of halogens is 2. The molecule has 1 saturated carbocycles. The molecule has 1 heterocycles. The van der Waals surface area contributed by atoms with E-state index in [0.29, 0.717) is 34.3 Å². The Kier molecular flexibility index (Phi) is 6.53. The van der Waals surface area contributed by atoms with Crippen molar-refractivity contribution in [1.82, 2.24) is 9.97 Å². The van der Waals surface area contributed by atoms with E-state index in [2.05, 4.69) is 41.4 Å². The molecule has 0 radical (unpaired) electrons. The van der Waals surface area contributed by atoms with Gasteiger partial charge in [-0.2, -0.15) is 4.98 Å². The fourth-order valence-electron chi connectivity index (χ4n) is 4.32. The maximum atomic E-state index is 13.3. The lowest BCUT2D eigenvalue weighted by Gasteiger charge is -2.48. The van der Waals surface area contributed by atoms with Crippen LogP contribution in [0, 0.1) is 30.6 Å². The highest BCUT2D eigenvalue weighted by atomic mass is 35.5. The predicted octanol–water partition coefficient (Wildman–Crippen LogP) is 6.03. The molecule has 1 aromatic carbocycles. The van der Waals surface area contributed by atoms with Gasteiger partial charge in [0.2, 0.25) is 5.28 Å². The molecule has 1 aliphatic rings. The van der Waals surface area contributed by atoms with Crippen molar-refractivity contribution in [3.8, 4) is 0 Å². The van der Waals surface area contributed by atoms with Crippen LogP contribution in [0.4, 0.5) is 17.2 Å². The number of aromatic nitrogens is 2. The van der Waals surface area contributed by atoms with Gasteiger partial charge in [0.1, 0.15) is 12.2 Å². The first-order valence-electron chi connectivity index (χ1n) is 9.88. The molecule has 1 fully saturated rings. The van der Waals surface area contributed by atoms with Crippen LogP contribution in [0.25, 0.3) is 0 Å². The van der Waals surface area contributed by atoms with Crippen molar-refractivity contribution < 1.29 is 4.57 Å². The Balaban J connectivity index is 1.97. The Morgan fingerprint density at radius 2 is 1.76 bits per heavy atom. The smallest absolute Gasteiger partial charge is 0.224 e. The van der Waals surface area contributed by atoms with E-state index in [-0.39, 0.29) is 5.28 Å². The average molecular weight is 455 g/mol. The normalized spacial score (nSPS) is 24.1. The molecule has 1 aliphatic carbocycles. The van der Waals surface area contributed by atoms with Crippen molar-refractivity contribution in [1.29, 1.82) is 0 Å². The zero-order valence-electron chi connectivity index (χ0n) is 17.8. The summed E-state index contributed by atoms with van der Waals surface area (Å²) < 4.78 is 13.3. The van der Waals surface area contributed by atoms with Gasteiger partial charge < -0.3 is 15.2 Å². The summed E-state index contributed by atoms with van der Waals surface area (Å²) >= 11 is 12.2. The van der Waals surface area contributed by atoms with Gasteiger partial charge in [0.25, 0.3) is 0 Å². The molecule has 158 valence electrons. The molecule has 3 rings (SSSR count). The molecule has 2 atom stereocenters. The van der Waals surface area contributed by atoms with Crippen molar-refractivity contribution in [2.75, 3.05) is 30.5 Å². The molecule has 2 unspecified atom stereocenters. The molecular formula is C21H29Cl2N4OP. The topological polar surface area (TPSA) is 66.9 Å². The molecule has 2 N–H and O–H groups in total. The van der Waals surface area contributed by atoms with Crippen LogP contribution in [-0.4, -0.2) is 29.8 Å². The van der Waals surface area contributed by atoms with E-state index in [1.54, 1.807) is 13.3 Å². The fraction of sp³-hybridized carbons (Fsp3) is 0.524. The molecule has 5 nitrogen and oxygen atoms in total. The first-order chi connectivity index (χ1) is 13.5. The van der Waals surface area contributed by atoms with Gasteiger partial charge in [-0.25, -0.2) is 4.98 Å². The van der Waals surface area contributed by atoms with Gasteiger partial charge >= 0.3 is 0 Å². The second-order valence-corrected chi connectivity index (χ2v) is 12.5. The summed E-state index contributed by atoms with van der Waals surface area (Å²) in [5.74, 6) is 3.10. The number of anilines is 3. The molecule has 0 bridgehead atoms. The van der Waals surface area contributed by atoms with Gasteiger partial charge in [-0.3, -0.25) is 0 Å². The van der Waals surface area contributed by atoms with Crippen LogP contribution in [0.1, 0.15) is 26.3 Å². The number of rotatable bonds is 6. The minimum Gasteiger partial charge on any atom is -0.384 e. The summed E-state index contributed by atoms with van der Waals surface area (Å²) in [7, 11) is -2.62. The number of benzene rings is 1. The number of nitrogens with zero attached hydrogens (tertiary/aromatic N) is 2. The minimum absolute atomic E-state index is 0.0992. The van der Waals surface area contributed by atoms with Crippen molar-refractivity contribution in [2.45, 2.75) is 27.7 Å². The summed E-state index contributed by atoms with van der Waals surface area (Å²) in [4.78, 5) is 8.05. The minimum atomic E-state index is -2.62. The van der Waals surface area contributed by atoms with Crippen LogP contribution in [-0.2, 0) is 4.57 Å². The molecule has 0 amide bonds. The van der Waals surface area contributed by atoms with Crippen LogP contribution >= 0.6 is 30.3 Å². The van der Waals surface area contributed by atoms with Crippen LogP contribution in [0.5, 0.6) is 0 Å². The fourth-order valence-corrected chi connectivity index (χ4v) is 6.10. The predicted molar refractivity (Wildman–Crippen MR) is 125 cm³/mol. The van der Waals surface area contributed by atoms with E-state index in [1.807, 2.05) is 19.1 Å². The summed E-state index contributed by atoms with van der Waals surface area (Å²) in [5.41, 5.74) is 2.71. The first-order valence-corrected chi connectivity index (χ1v) is 13.2. The molecule has 0 aliphatic heterocycles. The highest BCUT2D eigenvalue weighted by molar-refractivity contribution is 7.70. The maximum absolute atomic E-state index is 13.3. The van der Waals surface area contributed by atoms with Crippen LogP contribution in [0.3, 0.4) is 0 Å². The van der Waals surface area contributed by atoms with Crippen molar-refractivity contribution in [3.63, 3.8) is 0 Å². The van der Waals surface area contributed by atoms with Crippen LogP contribution in [0.15, 0.2) is 18.3 Å². The molecule has 0 saturated heterocycles. The molecule has 29 heavy (non-hydrogen) atoms. The Morgan fingerprint density at radius 3 is 2.38 bits per heavy atom. The van der Waals surface area contributed by atoms with E-state index in [4.69, 9.17) is 23.2 Å². The lowest BCUT2D eigenvalue weighted by Crippen LogP contribution is -2.45. The largest absolute Gasteiger partial charge is 0.384 e. The monoisotopic (exact) mass is 454 g/mol. The van der Waals surface area contributed by atoms with Gasteiger partial charge in [-0.1, -0.05) is 38.4 Å². The standard InChI is InChI=1S/C21H29Cl2N4OP/c1-11-7-8-17(26-20-16(22)10-25-21(23)27-20)19(29(5,6)28)18(11)24-9-15-13(3)12(2)14(15)4/h7-8,10,12-15,24H,9H2,1-6H3,(H,25,26,27). The lowest BCUT2D eigenvalue weighted by atomic mass is 9.59. The van der Waals surface area contributed by atoms with Gasteiger partial charge in [-0.05, 0) is 67.2 Å². The van der Waals surface area contributed by atoms with Crippen LogP contribution < -0.4 is 15.9 Å². The third-order valence-corrected chi connectivity index (χ3v) is 8.42. The van der Waals surface area contributed by atoms with Crippen molar-refractivity contribution in [3.05, 3.63) is 34.2 Å². The third kappa shape index (κ3) is 4.57. The number of aryl methyl sites for hydroxylation is 1. The summed E-state index contributed by atoms with van der Waals surface area (Å²) in [6, 6.07) is 3.93. The highest BCUT2D eigenvalue weighted by Crippen LogP contribution is 2.46. The quantitative estimate of drug-likeness (QED) is 0.411. The third-order valence-electron chi connectivity index (χ3n) is 6.42. The number of hydrogen-bond acceptors (Lipinski definition) is 5. The zero-order chi connectivity index (χ0) is 21.5. The van der Waals surface area contributed by atoms with Gasteiger partial charge in [0.15, 0.2) is 5.82 Å². The Labute approximate surface area is 183 Å². The van der Waals surface area contributed by atoms with E-state index in [9.17, 15) is 4.57 Å². The summed E-state index contributed by atoms with van der Waals surface area (Å²) in [6.45, 7) is 13.4. The molecule has 2 aromatic rings. The Hall–Kier alpha value is -1.29. The lowest BCUT2D eigenvalue weighted by molar-refractivity contribution is 0.0258. The van der Waals surface area contributed by atoms with Crippen molar-refractivity contribution >= 4 is 52.8 Å². The zero-order valence-corrected chi connectivity index (χ0v) is 20.2.